The van der Waals surface area contributed by atoms with Gasteiger partial charge in [-0.25, -0.2) is 0 Å². The highest BCUT2D eigenvalue weighted by atomic mass is 32.1. The largest absolute Gasteiger partial charge is 0.497 e. The second kappa shape index (κ2) is 6.48. The van der Waals surface area contributed by atoms with Gasteiger partial charge in [0.2, 0.25) is 0 Å². The maximum absolute atomic E-state index is 12.7. The molecule has 4 nitrogen and oxygen atoms in total. The van der Waals surface area contributed by atoms with Crippen LogP contribution in [0.25, 0.3) is 0 Å². The minimum atomic E-state index is 0.208. The van der Waals surface area contributed by atoms with E-state index < -0.39 is 0 Å². The molecule has 0 saturated carbocycles. The van der Waals surface area contributed by atoms with Gasteiger partial charge in [0.25, 0.3) is 5.91 Å². The Morgan fingerprint density at radius 2 is 1.96 bits per heavy atom. The smallest absolute Gasteiger partial charge is 0.264 e. The minimum Gasteiger partial charge on any atom is -0.497 e. The highest BCUT2D eigenvalue weighted by Gasteiger charge is 2.25. The third-order valence-electron chi connectivity index (χ3n) is 4.94. The summed E-state index contributed by atoms with van der Waals surface area (Å²) in [4.78, 5) is 19.4. The van der Waals surface area contributed by atoms with Crippen LogP contribution in [0.3, 0.4) is 0 Å². The molecule has 24 heavy (non-hydrogen) atoms. The van der Waals surface area contributed by atoms with E-state index in [1.54, 1.807) is 18.4 Å². The summed E-state index contributed by atoms with van der Waals surface area (Å²) < 4.78 is 5.30. The number of nitrogens with zero attached hydrogens (tertiary/aromatic N) is 2. The molecule has 2 aliphatic rings. The quantitative estimate of drug-likeness (QED) is 0.859. The molecule has 1 fully saturated rings. The zero-order chi connectivity index (χ0) is 16.5. The molecule has 2 aromatic rings. The molecule has 1 aliphatic heterocycles. The molecule has 1 aliphatic carbocycles. The first-order valence-electron chi connectivity index (χ1n) is 8.54. The molecular formula is C19H22N2O2S. The summed E-state index contributed by atoms with van der Waals surface area (Å²) >= 11 is 1.70. The molecule has 2 heterocycles. The number of benzene rings is 1. The number of carbonyl (C=O) groups is 1. The number of hydrogen-bond donors (Lipinski definition) is 0. The number of amides is 1. The van der Waals surface area contributed by atoms with E-state index in [0.717, 1.165) is 55.3 Å². The number of ether oxygens (including phenoxy) is 1. The van der Waals surface area contributed by atoms with Crippen molar-refractivity contribution >= 4 is 22.9 Å². The van der Waals surface area contributed by atoms with E-state index in [4.69, 9.17) is 4.74 Å². The van der Waals surface area contributed by atoms with Gasteiger partial charge in [-0.15, -0.1) is 11.3 Å². The average Bonchev–Trinajstić information content (AvgIpc) is 3.23. The van der Waals surface area contributed by atoms with Gasteiger partial charge in [0.15, 0.2) is 0 Å². The van der Waals surface area contributed by atoms with E-state index in [9.17, 15) is 4.79 Å². The van der Waals surface area contributed by atoms with Crippen LogP contribution in [0.4, 0.5) is 5.69 Å². The highest BCUT2D eigenvalue weighted by Crippen LogP contribution is 2.31. The van der Waals surface area contributed by atoms with Gasteiger partial charge in [0.1, 0.15) is 5.75 Å². The molecule has 1 amide bonds. The van der Waals surface area contributed by atoms with E-state index in [2.05, 4.69) is 23.1 Å². The first-order chi connectivity index (χ1) is 11.7. The number of aryl methyl sites for hydroxylation is 2. The summed E-state index contributed by atoms with van der Waals surface area (Å²) in [6.45, 7) is 3.28. The van der Waals surface area contributed by atoms with Crippen LogP contribution in [0.1, 0.15) is 26.5 Å². The van der Waals surface area contributed by atoms with Crippen LogP contribution in [0, 0.1) is 0 Å². The maximum Gasteiger partial charge on any atom is 0.264 e. The normalized spacial score (nSPS) is 17.0. The summed E-state index contributed by atoms with van der Waals surface area (Å²) in [5.41, 5.74) is 2.56. The highest BCUT2D eigenvalue weighted by molar-refractivity contribution is 7.14. The predicted octanol–water partition coefficient (Wildman–Crippen LogP) is 3.21. The molecule has 0 radical (unpaired) electrons. The molecule has 1 aromatic heterocycles. The van der Waals surface area contributed by atoms with Crippen LogP contribution in [0.15, 0.2) is 30.3 Å². The minimum absolute atomic E-state index is 0.208. The van der Waals surface area contributed by atoms with Crippen molar-refractivity contribution in [3.05, 3.63) is 45.6 Å². The summed E-state index contributed by atoms with van der Waals surface area (Å²) in [5, 5.41) is 0. The summed E-state index contributed by atoms with van der Waals surface area (Å²) in [6.07, 6.45) is 3.54. The van der Waals surface area contributed by atoms with Crippen LogP contribution in [-0.4, -0.2) is 44.1 Å². The monoisotopic (exact) mass is 342 g/mol. The van der Waals surface area contributed by atoms with Gasteiger partial charge >= 0.3 is 0 Å². The first kappa shape index (κ1) is 15.5. The van der Waals surface area contributed by atoms with E-state index >= 15 is 0 Å². The van der Waals surface area contributed by atoms with E-state index in [-0.39, 0.29) is 5.91 Å². The van der Waals surface area contributed by atoms with Gasteiger partial charge in [-0.2, -0.15) is 0 Å². The summed E-state index contributed by atoms with van der Waals surface area (Å²) in [7, 11) is 1.69. The standard InChI is InChI=1S/C19H22N2O2S/c1-23-16-6-3-5-15(13-16)20-8-10-21(11-9-20)19(22)18-12-14-4-2-7-17(14)24-18/h3,5-6,12-13H,2,4,7-11H2,1H3. The lowest BCUT2D eigenvalue weighted by molar-refractivity contribution is 0.0751. The molecule has 126 valence electrons. The summed E-state index contributed by atoms with van der Waals surface area (Å²) in [5.74, 6) is 1.08. The Bertz CT molecular complexity index is 726. The Balaban J connectivity index is 1.40. The van der Waals surface area contributed by atoms with Crippen molar-refractivity contribution in [1.29, 1.82) is 0 Å². The van der Waals surface area contributed by atoms with Crippen LogP contribution < -0.4 is 9.64 Å². The Hall–Kier alpha value is -2.01. The van der Waals surface area contributed by atoms with Crippen molar-refractivity contribution in [2.75, 3.05) is 38.2 Å². The number of methoxy groups -OCH3 is 1. The SMILES string of the molecule is COc1cccc(N2CCN(C(=O)c3cc4c(s3)CCC4)CC2)c1. The molecule has 1 saturated heterocycles. The third-order valence-corrected chi connectivity index (χ3v) is 6.17. The fraction of sp³-hybridized carbons (Fsp3) is 0.421. The molecule has 0 spiro atoms. The second-order valence-electron chi connectivity index (χ2n) is 6.39. The van der Waals surface area contributed by atoms with Crippen molar-refractivity contribution in [2.45, 2.75) is 19.3 Å². The number of piperazine rings is 1. The zero-order valence-electron chi connectivity index (χ0n) is 14.0. The Labute approximate surface area is 146 Å². The number of anilines is 1. The molecule has 1 aromatic carbocycles. The summed E-state index contributed by atoms with van der Waals surface area (Å²) in [6, 6.07) is 10.3. The van der Waals surface area contributed by atoms with E-state index in [1.165, 1.54) is 16.9 Å². The second-order valence-corrected chi connectivity index (χ2v) is 7.53. The van der Waals surface area contributed by atoms with Gasteiger partial charge in [-0.1, -0.05) is 6.07 Å². The predicted molar refractivity (Wildman–Crippen MR) is 97.5 cm³/mol. The number of hydrogen-bond acceptors (Lipinski definition) is 4. The van der Waals surface area contributed by atoms with Crippen LogP contribution in [-0.2, 0) is 12.8 Å². The lowest BCUT2D eigenvalue weighted by Gasteiger charge is -2.36. The van der Waals surface area contributed by atoms with Crippen LogP contribution in [0.2, 0.25) is 0 Å². The van der Waals surface area contributed by atoms with Gasteiger partial charge in [-0.05, 0) is 43.0 Å². The Kier molecular flexibility index (Phi) is 4.19. The number of rotatable bonds is 3. The first-order valence-corrected chi connectivity index (χ1v) is 9.36. The van der Waals surface area contributed by atoms with Gasteiger partial charge < -0.3 is 14.5 Å². The molecular weight excluding hydrogens is 320 g/mol. The van der Waals surface area contributed by atoms with Crippen LogP contribution in [0.5, 0.6) is 5.75 Å². The van der Waals surface area contributed by atoms with Gasteiger partial charge in [-0.3, -0.25) is 4.79 Å². The molecule has 0 atom stereocenters. The molecule has 4 rings (SSSR count). The Morgan fingerprint density at radius 3 is 2.71 bits per heavy atom. The molecule has 5 heteroatoms. The third kappa shape index (κ3) is 2.88. The number of fused-ring (bicyclic) bond motifs is 1. The van der Waals surface area contributed by atoms with Crippen molar-refractivity contribution in [3.8, 4) is 5.75 Å². The molecule has 0 unspecified atom stereocenters. The fourth-order valence-electron chi connectivity index (χ4n) is 3.57. The van der Waals surface area contributed by atoms with Gasteiger partial charge in [0.05, 0.1) is 12.0 Å². The Morgan fingerprint density at radius 1 is 1.12 bits per heavy atom. The van der Waals surface area contributed by atoms with E-state index in [1.807, 2.05) is 17.0 Å². The average molecular weight is 342 g/mol. The topological polar surface area (TPSA) is 32.8 Å². The van der Waals surface area contributed by atoms with E-state index in [0.29, 0.717) is 0 Å². The molecule has 0 bridgehead atoms. The maximum atomic E-state index is 12.7. The van der Waals surface area contributed by atoms with Gasteiger partial charge in [0, 0.05) is 42.8 Å². The van der Waals surface area contributed by atoms with Crippen molar-refractivity contribution in [3.63, 3.8) is 0 Å². The number of carbonyl (C=O) groups excluding carboxylic acids is 1. The van der Waals surface area contributed by atoms with Crippen molar-refractivity contribution in [2.24, 2.45) is 0 Å². The number of thiophene rings is 1. The van der Waals surface area contributed by atoms with Crippen molar-refractivity contribution in [1.82, 2.24) is 4.90 Å². The zero-order valence-corrected chi connectivity index (χ0v) is 14.8. The van der Waals surface area contributed by atoms with Crippen LogP contribution >= 0.6 is 11.3 Å². The molecule has 0 N–H and O–H groups in total. The fourth-order valence-corrected chi connectivity index (χ4v) is 4.79. The lowest BCUT2D eigenvalue weighted by atomic mass is 10.2. The van der Waals surface area contributed by atoms with Crippen molar-refractivity contribution < 1.29 is 9.53 Å². The lowest BCUT2D eigenvalue weighted by Crippen LogP contribution is -2.48.